The van der Waals surface area contributed by atoms with Crippen LogP contribution in [0.15, 0.2) is 36.8 Å². The molecule has 1 fully saturated rings. The van der Waals surface area contributed by atoms with Crippen LogP contribution in [0.3, 0.4) is 0 Å². The third-order valence-electron chi connectivity index (χ3n) is 6.47. The molecule has 2 aliphatic heterocycles. The lowest BCUT2D eigenvalue weighted by molar-refractivity contribution is -0.212. The molecule has 12 heteroatoms. The molecule has 0 bridgehead atoms. The van der Waals surface area contributed by atoms with Gasteiger partial charge in [0.25, 0.3) is 0 Å². The van der Waals surface area contributed by atoms with Crippen LogP contribution in [0.4, 0.5) is 13.2 Å². The molecule has 1 amide bonds. The third kappa shape index (κ3) is 3.90. The van der Waals surface area contributed by atoms with E-state index in [9.17, 15) is 18.0 Å². The number of carbonyl (C=O) groups is 1. The van der Waals surface area contributed by atoms with Crippen LogP contribution >= 0.6 is 11.3 Å². The number of fused-ring (bicyclic) bond motifs is 2. The Kier molecular flexibility index (Phi) is 5.18. The van der Waals surface area contributed by atoms with Gasteiger partial charge in [0, 0.05) is 41.5 Å². The monoisotopic (exact) mass is 502 g/mol. The van der Waals surface area contributed by atoms with E-state index in [0.717, 1.165) is 34.3 Å². The molecule has 6 rings (SSSR count). The Labute approximate surface area is 201 Å². The fourth-order valence-corrected chi connectivity index (χ4v) is 5.86. The quantitative estimate of drug-likeness (QED) is 0.414. The molecule has 0 aliphatic carbocycles. The number of alkyl halides is 3. The molecule has 4 aromatic heterocycles. The van der Waals surface area contributed by atoms with Crippen molar-refractivity contribution in [2.45, 2.75) is 32.2 Å². The maximum atomic E-state index is 13.0. The number of hydrogen-bond donors (Lipinski definition) is 0. The number of halogens is 3. The molecule has 1 saturated heterocycles. The first-order chi connectivity index (χ1) is 16.8. The highest BCUT2D eigenvalue weighted by molar-refractivity contribution is 7.22. The predicted octanol–water partition coefficient (Wildman–Crippen LogP) is 4.44. The Hall–Kier alpha value is -3.25. The molecular weight excluding hydrogens is 481 g/mol. The van der Waals surface area contributed by atoms with Crippen LogP contribution in [0.5, 0.6) is 0 Å². The molecule has 4 aromatic rings. The molecule has 0 unspecified atom stereocenters. The Morgan fingerprint density at radius 1 is 1.29 bits per heavy atom. The summed E-state index contributed by atoms with van der Waals surface area (Å²) < 4.78 is 47.1. The van der Waals surface area contributed by atoms with Gasteiger partial charge in [-0.25, -0.2) is 0 Å². The van der Waals surface area contributed by atoms with E-state index in [-0.39, 0.29) is 22.5 Å². The van der Waals surface area contributed by atoms with Crippen LogP contribution < -0.4 is 0 Å². The minimum Gasteiger partial charge on any atom is -0.381 e. The number of hydrogen-bond acceptors (Lipinski definition) is 6. The molecule has 8 nitrogen and oxygen atoms in total. The van der Waals surface area contributed by atoms with Crippen LogP contribution in [-0.2, 0) is 22.4 Å². The molecule has 2 atom stereocenters. The van der Waals surface area contributed by atoms with E-state index in [2.05, 4.69) is 10.1 Å². The number of rotatable bonds is 3. The highest BCUT2D eigenvalue weighted by Crippen LogP contribution is 2.39. The van der Waals surface area contributed by atoms with E-state index in [1.165, 1.54) is 17.5 Å². The second kappa shape index (κ2) is 8.16. The maximum Gasteiger partial charge on any atom is 0.504 e. The number of thiophene rings is 1. The second-order valence-corrected chi connectivity index (χ2v) is 9.97. The molecule has 35 heavy (non-hydrogen) atoms. The fourth-order valence-electron chi connectivity index (χ4n) is 4.75. The van der Waals surface area contributed by atoms with Crippen LogP contribution in [0.2, 0.25) is 0 Å². The molecule has 0 aromatic carbocycles. The number of nitrogens with zero attached hydrogens (tertiary/aromatic N) is 6. The number of ether oxygens (including phenoxy) is 1. The van der Waals surface area contributed by atoms with Gasteiger partial charge in [-0.3, -0.25) is 14.5 Å². The standard InChI is InChI=1S/C23H21F3N6O2S/c1-13-9-30(22(33)14-3-5-34-12-14)11-16-6-18(29-32(13)16)17-2-4-27-19-7-20(35-21(17)19)15-8-28-31(10-15)23(24,25)26/h2,4,6-8,10,13-14H,3,5,9,11-12H2,1H3/t13-,14+/m0/s1. The lowest BCUT2D eigenvalue weighted by Gasteiger charge is -2.33. The largest absolute Gasteiger partial charge is 0.504 e. The van der Waals surface area contributed by atoms with Gasteiger partial charge in [0.2, 0.25) is 5.91 Å². The highest BCUT2D eigenvalue weighted by Gasteiger charge is 2.34. The van der Waals surface area contributed by atoms with Gasteiger partial charge >= 0.3 is 6.30 Å². The van der Waals surface area contributed by atoms with Gasteiger partial charge in [-0.1, -0.05) is 0 Å². The number of aromatic nitrogens is 5. The van der Waals surface area contributed by atoms with E-state index < -0.39 is 6.30 Å². The van der Waals surface area contributed by atoms with E-state index >= 15 is 0 Å². The SMILES string of the molecule is C[C@H]1CN(C(=O)[C@@H]2CCOC2)Cc2cc(-c3ccnc4cc(-c5cnn(C(F)(F)F)c5)sc34)nn21. The lowest BCUT2D eigenvalue weighted by atomic mass is 10.1. The zero-order valence-corrected chi connectivity index (χ0v) is 19.5. The van der Waals surface area contributed by atoms with E-state index in [4.69, 9.17) is 9.84 Å². The van der Waals surface area contributed by atoms with Crippen LogP contribution in [0.1, 0.15) is 25.1 Å². The van der Waals surface area contributed by atoms with Crippen molar-refractivity contribution in [2.24, 2.45) is 5.92 Å². The zero-order valence-electron chi connectivity index (χ0n) is 18.7. The first-order valence-electron chi connectivity index (χ1n) is 11.2. The first-order valence-corrected chi connectivity index (χ1v) is 12.1. The lowest BCUT2D eigenvalue weighted by Crippen LogP contribution is -2.43. The summed E-state index contributed by atoms with van der Waals surface area (Å²) >= 11 is 1.35. The number of pyridine rings is 1. The third-order valence-corrected chi connectivity index (χ3v) is 7.68. The molecule has 0 spiro atoms. The van der Waals surface area contributed by atoms with Crippen LogP contribution in [0, 0.1) is 5.92 Å². The summed E-state index contributed by atoms with van der Waals surface area (Å²) in [4.78, 5) is 19.9. The van der Waals surface area contributed by atoms with Crippen molar-refractivity contribution in [1.29, 1.82) is 0 Å². The minimum absolute atomic E-state index is 0.00334. The van der Waals surface area contributed by atoms with Gasteiger partial charge in [-0.15, -0.1) is 24.5 Å². The van der Waals surface area contributed by atoms with Crippen molar-refractivity contribution >= 4 is 27.5 Å². The first kappa shape index (κ1) is 22.2. The summed E-state index contributed by atoms with van der Waals surface area (Å²) in [5.41, 5.74) is 3.60. The molecule has 182 valence electrons. The van der Waals surface area contributed by atoms with E-state index in [0.29, 0.717) is 42.3 Å². The predicted molar refractivity (Wildman–Crippen MR) is 122 cm³/mol. The maximum absolute atomic E-state index is 13.0. The summed E-state index contributed by atoms with van der Waals surface area (Å²) in [6.07, 6.45) is 0.0413. The molecule has 2 aliphatic rings. The van der Waals surface area contributed by atoms with Gasteiger partial charge in [-0.05, 0) is 31.5 Å². The summed E-state index contributed by atoms with van der Waals surface area (Å²) in [6.45, 7) is 4.20. The summed E-state index contributed by atoms with van der Waals surface area (Å²) in [5.74, 6) is 0.0409. The van der Waals surface area contributed by atoms with Crippen molar-refractivity contribution in [3.05, 3.63) is 42.5 Å². The van der Waals surface area contributed by atoms with Crippen molar-refractivity contribution in [3.63, 3.8) is 0 Å². The number of carbonyl (C=O) groups excluding carboxylic acids is 1. The molecule has 0 radical (unpaired) electrons. The Balaban J connectivity index is 1.33. The Bertz CT molecular complexity index is 1420. The topological polar surface area (TPSA) is 78.1 Å². The summed E-state index contributed by atoms with van der Waals surface area (Å²) in [6, 6.07) is 5.63. The Morgan fingerprint density at radius 2 is 2.14 bits per heavy atom. The summed E-state index contributed by atoms with van der Waals surface area (Å²) in [5, 5.41) is 8.27. The smallest absolute Gasteiger partial charge is 0.381 e. The second-order valence-electron chi connectivity index (χ2n) is 8.92. The van der Waals surface area contributed by atoms with Crippen molar-refractivity contribution < 1.29 is 22.7 Å². The molecule has 0 N–H and O–H groups in total. The average Bonchev–Trinajstić information content (AvgIpc) is 3.62. The van der Waals surface area contributed by atoms with Crippen LogP contribution in [0.25, 0.3) is 31.9 Å². The van der Waals surface area contributed by atoms with Gasteiger partial charge in [-0.2, -0.15) is 14.9 Å². The zero-order chi connectivity index (χ0) is 24.3. The molecule has 6 heterocycles. The van der Waals surface area contributed by atoms with Crippen molar-refractivity contribution in [3.8, 4) is 21.7 Å². The van der Waals surface area contributed by atoms with Crippen molar-refractivity contribution in [1.82, 2.24) is 29.4 Å². The van der Waals surface area contributed by atoms with Crippen LogP contribution in [-0.4, -0.2) is 55.1 Å². The fraction of sp³-hybridized carbons (Fsp3) is 0.391. The normalized spacial score (nSPS) is 20.5. The van der Waals surface area contributed by atoms with Gasteiger partial charge in [0.15, 0.2) is 0 Å². The number of amides is 1. The minimum atomic E-state index is -4.56. The van der Waals surface area contributed by atoms with E-state index in [1.54, 1.807) is 12.3 Å². The van der Waals surface area contributed by atoms with Gasteiger partial charge < -0.3 is 9.64 Å². The summed E-state index contributed by atoms with van der Waals surface area (Å²) in [7, 11) is 0. The van der Waals surface area contributed by atoms with Gasteiger partial charge in [0.1, 0.15) is 0 Å². The van der Waals surface area contributed by atoms with Gasteiger partial charge in [0.05, 0.1) is 52.9 Å². The average molecular weight is 503 g/mol. The highest BCUT2D eigenvalue weighted by atomic mass is 32.1. The van der Waals surface area contributed by atoms with E-state index in [1.807, 2.05) is 28.6 Å². The van der Waals surface area contributed by atoms with Crippen molar-refractivity contribution in [2.75, 3.05) is 19.8 Å². The molecule has 0 saturated carbocycles. The molecular formula is C23H21F3N6O2S. The Morgan fingerprint density at radius 3 is 2.89 bits per heavy atom.